The van der Waals surface area contributed by atoms with Gasteiger partial charge in [-0.1, -0.05) is 0 Å². The number of sulfonamides is 1. The maximum absolute atomic E-state index is 13.2. The van der Waals surface area contributed by atoms with E-state index < -0.39 is 21.7 Å². The normalized spacial score (nSPS) is 15.0. The second kappa shape index (κ2) is 9.28. The summed E-state index contributed by atoms with van der Waals surface area (Å²) in [5.74, 6) is -0.562. The van der Waals surface area contributed by atoms with Gasteiger partial charge in [-0.15, -0.1) is 0 Å². The van der Waals surface area contributed by atoms with Crippen LogP contribution in [-0.4, -0.2) is 63.2 Å². The highest BCUT2D eigenvalue weighted by Gasteiger charge is 2.29. The molecule has 0 spiro atoms. The highest BCUT2D eigenvalue weighted by molar-refractivity contribution is 7.89. The molecule has 1 saturated heterocycles. The van der Waals surface area contributed by atoms with E-state index in [1.807, 2.05) is 24.3 Å². The van der Waals surface area contributed by atoms with Gasteiger partial charge in [0.15, 0.2) is 5.58 Å². The zero-order chi connectivity index (χ0) is 23.6. The van der Waals surface area contributed by atoms with Crippen molar-refractivity contribution in [3.8, 4) is 5.75 Å². The molecule has 0 amide bonds. The smallest absolute Gasteiger partial charge is 0.420 e. The molecule has 2 heterocycles. The molecule has 0 saturated carbocycles. The minimum atomic E-state index is -3.78. The first-order valence-electron chi connectivity index (χ1n) is 10.5. The minimum absolute atomic E-state index is 0.0323. The van der Waals surface area contributed by atoms with Gasteiger partial charge in [-0.25, -0.2) is 13.2 Å². The van der Waals surface area contributed by atoms with E-state index in [2.05, 4.69) is 4.90 Å². The van der Waals surface area contributed by atoms with E-state index in [1.54, 1.807) is 14.0 Å². The van der Waals surface area contributed by atoms with Crippen molar-refractivity contribution in [3.63, 3.8) is 0 Å². The summed E-state index contributed by atoms with van der Waals surface area (Å²) in [5, 5.41) is 0. The lowest BCUT2D eigenvalue weighted by Gasteiger charge is -2.35. The fraction of sp³-hybridized carbons (Fsp3) is 0.364. The van der Waals surface area contributed by atoms with E-state index in [4.69, 9.17) is 13.9 Å². The number of rotatable bonds is 7. The van der Waals surface area contributed by atoms with Gasteiger partial charge in [-0.2, -0.15) is 4.31 Å². The van der Waals surface area contributed by atoms with Gasteiger partial charge in [-0.05, 0) is 43.3 Å². The Labute approximate surface area is 191 Å². The van der Waals surface area contributed by atoms with E-state index in [0.717, 1.165) is 16.0 Å². The van der Waals surface area contributed by atoms with Crippen molar-refractivity contribution in [2.45, 2.75) is 18.4 Å². The van der Waals surface area contributed by atoms with Gasteiger partial charge < -0.3 is 18.8 Å². The van der Waals surface area contributed by atoms with Crippen LogP contribution >= 0.6 is 0 Å². The number of oxazole rings is 1. The number of hydrogen-bond acceptors (Lipinski definition) is 8. The summed E-state index contributed by atoms with van der Waals surface area (Å²) in [6.45, 7) is 3.27. The van der Waals surface area contributed by atoms with Crippen molar-refractivity contribution in [1.82, 2.24) is 8.87 Å². The van der Waals surface area contributed by atoms with Crippen LogP contribution in [0.3, 0.4) is 0 Å². The number of hydrogen-bond donors (Lipinski definition) is 0. The van der Waals surface area contributed by atoms with Gasteiger partial charge >= 0.3 is 11.7 Å². The van der Waals surface area contributed by atoms with E-state index in [0.29, 0.717) is 31.7 Å². The van der Waals surface area contributed by atoms with Crippen LogP contribution in [0.1, 0.15) is 6.92 Å². The Bertz CT molecular complexity index is 1300. The molecule has 1 aliphatic rings. The molecule has 33 heavy (non-hydrogen) atoms. The Balaban J connectivity index is 1.50. The van der Waals surface area contributed by atoms with Crippen molar-refractivity contribution < 1.29 is 27.1 Å². The molecule has 0 bridgehead atoms. The number of benzene rings is 2. The molecule has 176 valence electrons. The predicted octanol–water partition coefficient (Wildman–Crippen LogP) is 1.68. The van der Waals surface area contributed by atoms with Gasteiger partial charge in [0.2, 0.25) is 10.0 Å². The Morgan fingerprint density at radius 1 is 1.06 bits per heavy atom. The quantitative estimate of drug-likeness (QED) is 0.475. The van der Waals surface area contributed by atoms with E-state index >= 15 is 0 Å². The summed E-state index contributed by atoms with van der Waals surface area (Å²) in [6.07, 6.45) is 0. The summed E-state index contributed by atoms with van der Waals surface area (Å²) in [7, 11) is -2.17. The van der Waals surface area contributed by atoms with Crippen molar-refractivity contribution in [1.29, 1.82) is 0 Å². The van der Waals surface area contributed by atoms with E-state index in [1.165, 1.54) is 22.5 Å². The molecule has 3 aromatic rings. The second-order valence-corrected chi connectivity index (χ2v) is 9.42. The first-order chi connectivity index (χ1) is 15.8. The lowest BCUT2D eigenvalue weighted by atomic mass is 10.2. The summed E-state index contributed by atoms with van der Waals surface area (Å²) >= 11 is 0. The van der Waals surface area contributed by atoms with Gasteiger partial charge in [0.05, 0.1) is 24.1 Å². The third-order valence-corrected chi connectivity index (χ3v) is 7.44. The molecule has 0 unspecified atom stereocenters. The van der Waals surface area contributed by atoms with Crippen LogP contribution in [0.5, 0.6) is 5.75 Å². The molecular weight excluding hydrogens is 450 g/mol. The van der Waals surface area contributed by atoms with Crippen LogP contribution in [0, 0.1) is 0 Å². The lowest BCUT2D eigenvalue weighted by Crippen LogP contribution is -2.48. The minimum Gasteiger partial charge on any atom is -0.497 e. The highest BCUT2D eigenvalue weighted by atomic mass is 32.2. The first kappa shape index (κ1) is 22.9. The molecule has 1 aromatic heterocycles. The Kier molecular flexibility index (Phi) is 6.43. The van der Waals surface area contributed by atoms with E-state index in [-0.39, 0.29) is 23.6 Å². The molecule has 1 fully saturated rings. The Hall–Kier alpha value is -3.31. The monoisotopic (exact) mass is 475 g/mol. The van der Waals surface area contributed by atoms with Crippen molar-refractivity contribution >= 4 is 32.8 Å². The van der Waals surface area contributed by atoms with Crippen molar-refractivity contribution in [2.24, 2.45) is 0 Å². The summed E-state index contributed by atoms with van der Waals surface area (Å²) < 4.78 is 44.2. The van der Waals surface area contributed by atoms with Gasteiger partial charge in [0.25, 0.3) is 0 Å². The zero-order valence-electron chi connectivity index (χ0n) is 18.4. The number of carbonyl (C=O) groups is 1. The average Bonchev–Trinajstić information content (AvgIpc) is 3.13. The fourth-order valence-electron chi connectivity index (χ4n) is 3.82. The number of carbonyl (C=O) groups excluding carboxylic acids is 1. The first-order valence-corrected chi connectivity index (χ1v) is 12.0. The number of piperazine rings is 1. The van der Waals surface area contributed by atoms with E-state index in [9.17, 15) is 18.0 Å². The zero-order valence-corrected chi connectivity index (χ0v) is 19.2. The third-order valence-electron chi connectivity index (χ3n) is 5.55. The van der Waals surface area contributed by atoms with Crippen LogP contribution < -0.4 is 15.4 Å². The van der Waals surface area contributed by atoms with Crippen molar-refractivity contribution in [3.05, 3.63) is 53.0 Å². The van der Waals surface area contributed by atoms with Gasteiger partial charge in [0.1, 0.15) is 12.3 Å². The summed E-state index contributed by atoms with van der Waals surface area (Å²) in [5.41, 5.74) is 1.43. The Morgan fingerprint density at radius 3 is 2.39 bits per heavy atom. The lowest BCUT2D eigenvalue weighted by molar-refractivity contribution is -0.143. The van der Waals surface area contributed by atoms with Crippen LogP contribution in [0.15, 0.2) is 56.6 Å². The molecule has 0 aliphatic carbocycles. The molecule has 2 aromatic carbocycles. The highest BCUT2D eigenvalue weighted by Crippen LogP contribution is 2.25. The van der Waals surface area contributed by atoms with Crippen LogP contribution in [0.4, 0.5) is 5.69 Å². The van der Waals surface area contributed by atoms with Crippen LogP contribution in [0.2, 0.25) is 0 Å². The maximum Gasteiger partial charge on any atom is 0.420 e. The maximum atomic E-state index is 13.2. The molecule has 4 rings (SSSR count). The molecule has 0 radical (unpaired) electrons. The molecule has 11 heteroatoms. The molecular formula is C22H25N3O7S. The summed E-state index contributed by atoms with van der Waals surface area (Å²) in [6, 6.07) is 11.8. The fourth-order valence-corrected chi connectivity index (χ4v) is 5.26. The van der Waals surface area contributed by atoms with Crippen LogP contribution in [0.25, 0.3) is 11.1 Å². The van der Waals surface area contributed by atoms with Crippen LogP contribution in [-0.2, 0) is 26.1 Å². The molecule has 0 N–H and O–H groups in total. The topological polar surface area (TPSA) is 111 Å². The second-order valence-electron chi connectivity index (χ2n) is 7.48. The standard InChI is InChI=1S/C22H25N3O7S/c1-3-31-21(26)15-25-19-9-8-18(14-20(19)32-22(25)27)33(28,29)24-12-10-23(11-13-24)16-4-6-17(30-2)7-5-16/h4-9,14H,3,10-13,15H2,1-2H3. The number of ether oxygens (including phenoxy) is 2. The number of fused-ring (bicyclic) bond motifs is 1. The number of anilines is 1. The van der Waals surface area contributed by atoms with Gasteiger partial charge in [0, 0.05) is 37.9 Å². The van der Waals surface area contributed by atoms with Gasteiger partial charge in [-0.3, -0.25) is 9.36 Å². The number of esters is 1. The number of nitrogens with zero attached hydrogens (tertiary/aromatic N) is 3. The largest absolute Gasteiger partial charge is 0.497 e. The Morgan fingerprint density at radius 2 is 1.76 bits per heavy atom. The number of aromatic nitrogens is 1. The molecule has 10 nitrogen and oxygen atoms in total. The SMILES string of the molecule is CCOC(=O)Cn1c(=O)oc2cc(S(=O)(=O)N3CCN(c4ccc(OC)cc4)CC3)ccc21. The molecule has 1 aliphatic heterocycles. The number of methoxy groups -OCH3 is 1. The predicted molar refractivity (Wildman–Crippen MR) is 121 cm³/mol. The third kappa shape index (κ3) is 4.60. The van der Waals surface area contributed by atoms with Crippen molar-refractivity contribution in [2.75, 3.05) is 44.8 Å². The molecule has 0 atom stereocenters. The summed E-state index contributed by atoms with van der Waals surface area (Å²) in [4.78, 5) is 26.1. The average molecular weight is 476 g/mol.